The minimum absolute atomic E-state index is 0.247. The number of hydrogen-bond donors (Lipinski definition) is 0. The van der Waals surface area contributed by atoms with E-state index in [0.717, 1.165) is 12.3 Å². The van der Waals surface area contributed by atoms with Crippen LogP contribution in [0.3, 0.4) is 0 Å². The minimum Gasteiger partial charge on any atom is -0.362 e. The first-order valence-electron chi connectivity index (χ1n) is 16.8. The van der Waals surface area contributed by atoms with Gasteiger partial charge in [0.2, 0.25) is 0 Å². The van der Waals surface area contributed by atoms with Gasteiger partial charge in [-0.1, -0.05) is 97.6 Å². The third-order valence-corrected chi connectivity index (χ3v) is 14.9. The molecule has 0 N–H and O–H groups in total. The van der Waals surface area contributed by atoms with Crippen LogP contribution in [-0.4, -0.2) is 51.4 Å². The zero-order valence-corrected chi connectivity index (χ0v) is 25.7. The third kappa shape index (κ3) is 3.38. The Balaban J connectivity index is 1.22. The van der Waals surface area contributed by atoms with Gasteiger partial charge in [-0.3, -0.25) is 4.90 Å². The molecule has 1 saturated carbocycles. The quantitative estimate of drug-likeness (QED) is 0.265. The molecule has 1 aromatic carbocycles. The number of benzene rings is 1. The lowest BCUT2D eigenvalue weighted by molar-refractivity contribution is -0.000231. The zero-order valence-electron chi connectivity index (χ0n) is 24.9. The summed E-state index contributed by atoms with van der Waals surface area (Å²) in [5.41, 5.74) is 5.69. The summed E-state index contributed by atoms with van der Waals surface area (Å²) in [4.78, 5) is 6.11. The lowest BCUT2D eigenvalue weighted by Gasteiger charge is -2.60. The molecule has 41 heavy (non-hydrogen) atoms. The van der Waals surface area contributed by atoms with Crippen molar-refractivity contribution in [2.75, 3.05) is 0 Å². The Morgan fingerprint density at radius 1 is 0.902 bits per heavy atom. The highest BCUT2D eigenvalue weighted by molar-refractivity contribution is 8.02. The van der Waals surface area contributed by atoms with Crippen LogP contribution in [0.25, 0.3) is 0 Å². The second-order valence-corrected chi connectivity index (χ2v) is 16.3. The van der Waals surface area contributed by atoms with Gasteiger partial charge in [0.05, 0.1) is 6.04 Å². The van der Waals surface area contributed by atoms with Gasteiger partial charge in [-0.2, -0.15) is 11.8 Å². The van der Waals surface area contributed by atoms with E-state index in [2.05, 4.69) is 114 Å². The average molecular weight is 561 g/mol. The molecule has 0 radical (unpaired) electrons. The predicted molar refractivity (Wildman–Crippen MR) is 174 cm³/mol. The van der Waals surface area contributed by atoms with E-state index in [4.69, 9.17) is 0 Å². The van der Waals surface area contributed by atoms with Crippen molar-refractivity contribution in [1.29, 1.82) is 0 Å². The largest absolute Gasteiger partial charge is 0.362 e. The highest BCUT2D eigenvalue weighted by atomic mass is 32.2. The maximum atomic E-state index is 3.16. The van der Waals surface area contributed by atoms with Gasteiger partial charge in [-0.15, -0.1) is 0 Å². The summed E-state index contributed by atoms with van der Waals surface area (Å²) in [7, 11) is 0. The van der Waals surface area contributed by atoms with Crippen LogP contribution in [0.5, 0.6) is 0 Å². The van der Waals surface area contributed by atoms with Crippen LogP contribution in [0.1, 0.15) is 82.4 Å². The van der Waals surface area contributed by atoms with E-state index < -0.39 is 0 Å². The Morgan fingerprint density at radius 3 is 2.56 bits per heavy atom. The number of fused-ring (bicyclic) bond motifs is 5. The predicted octanol–water partition coefficient (Wildman–Crippen LogP) is 8.33. The molecule has 4 heteroatoms. The molecule has 0 amide bonds. The molecule has 0 aromatic heterocycles. The average Bonchev–Trinajstić information content (AvgIpc) is 3.53. The summed E-state index contributed by atoms with van der Waals surface area (Å²) in [6, 6.07) is 13.8. The molecule has 0 bridgehead atoms. The van der Waals surface area contributed by atoms with Gasteiger partial charge in [-0.05, 0) is 81.2 Å². The molecule has 8 unspecified atom stereocenters. The van der Waals surface area contributed by atoms with Crippen molar-refractivity contribution in [2.24, 2.45) is 11.3 Å². The Labute approximate surface area is 252 Å². The maximum absolute atomic E-state index is 3.16. The second-order valence-electron chi connectivity index (χ2n) is 14.9. The monoisotopic (exact) mass is 560 g/mol. The summed E-state index contributed by atoms with van der Waals surface area (Å²) < 4.78 is 0. The van der Waals surface area contributed by atoms with E-state index in [1.165, 1.54) is 56.9 Å². The van der Waals surface area contributed by atoms with Gasteiger partial charge in [0, 0.05) is 39.8 Å². The van der Waals surface area contributed by atoms with Crippen LogP contribution in [0.2, 0.25) is 5.82 Å². The fourth-order valence-corrected chi connectivity index (χ4v) is 13.7. The van der Waals surface area contributed by atoms with Crippen molar-refractivity contribution in [3.63, 3.8) is 0 Å². The Kier molecular flexibility index (Phi) is 5.80. The van der Waals surface area contributed by atoms with Gasteiger partial charge in [0.1, 0.15) is 0 Å². The molecule has 4 aliphatic carbocycles. The lowest BCUT2D eigenvalue weighted by Crippen LogP contribution is -2.68. The molecule has 4 heterocycles. The molecule has 1 spiro atoms. The van der Waals surface area contributed by atoms with Crippen LogP contribution in [0.4, 0.5) is 0 Å². The van der Waals surface area contributed by atoms with Crippen molar-refractivity contribution < 1.29 is 0 Å². The molecule has 8 atom stereocenters. The topological polar surface area (TPSA) is 6.48 Å². The molecule has 4 aliphatic heterocycles. The lowest BCUT2D eigenvalue weighted by atomic mass is 9.27. The van der Waals surface area contributed by atoms with E-state index in [1.807, 2.05) is 5.47 Å². The van der Waals surface area contributed by atoms with Crippen LogP contribution in [0, 0.1) is 11.3 Å². The Hall–Kier alpha value is -1.91. The SMILES string of the molecule is CC1(C)N2C3CC=CC4=C3B(C3C=CCC(C32)C12CCCCC2)C1SC(c2ccccc2)CC1N4C1C=CC=CC1. The summed E-state index contributed by atoms with van der Waals surface area (Å²) in [5, 5.41) is 1.25. The first-order valence-corrected chi connectivity index (χ1v) is 17.7. The van der Waals surface area contributed by atoms with Gasteiger partial charge in [0.15, 0.2) is 6.71 Å². The highest BCUT2D eigenvalue weighted by Gasteiger charge is 2.71. The molecule has 1 aromatic rings. The van der Waals surface area contributed by atoms with Gasteiger partial charge in [-0.25, -0.2) is 0 Å². The number of thioether (sulfide) groups is 1. The van der Waals surface area contributed by atoms with Gasteiger partial charge < -0.3 is 4.90 Å². The molecular weight excluding hydrogens is 515 g/mol. The fraction of sp³-hybridized carbons (Fsp3) is 0.568. The van der Waals surface area contributed by atoms with Crippen LogP contribution < -0.4 is 0 Å². The first-order chi connectivity index (χ1) is 20.1. The molecule has 9 rings (SSSR count). The Morgan fingerprint density at radius 2 is 1.76 bits per heavy atom. The van der Waals surface area contributed by atoms with Crippen molar-refractivity contribution in [3.05, 3.63) is 95.7 Å². The molecule has 8 aliphatic rings. The van der Waals surface area contributed by atoms with E-state index in [1.54, 1.807) is 5.70 Å². The number of rotatable bonds is 2. The molecule has 2 nitrogen and oxygen atoms in total. The standard InChI is InChI=1S/C37H45BN2S/c1-36(2)37(22-10-5-11-23-37)27-18-12-19-28-34(27)40(36)30-21-13-20-29-33(30)38(28)35-31(39(29)26-16-8-4-9-17-26)24-32(41-35)25-14-6-3-7-15-25/h3-4,6-9,12-16,19-20,26-28,30-32,34-35H,5,10-11,17-18,21-24H2,1-2H3. The molecular formula is C37H45BN2S. The van der Waals surface area contributed by atoms with Crippen LogP contribution >= 0.6 is 11.8 Å². The smallest absolute Gasteiger partial charge is 0.200 e. The highest BCUT2D eigenvalue weighted by Crippen LogP contribution is 2.69. The second kappa shape index (κ2) is 9.30. The summed E-state index contributed by atoms with van der Waals surface area (Å²) in [5.74, 6) is 1.48. The number of nitrogens with zero attached hydrogens (tertiary/aromatic N) is 2. The fourth-order valence-electron chi connectivity index (χ4n) is 11.8. The van der Waals surface area contributed by atoms with E-state index in [0.29, 0.717) is 52.5 Å². The molecule has 3 saturated heterocycles. The van der Waals surface area contributed by atoms with Crippen molar-refractivity contribution in [1.82, 2.24) is 9.80 Å². The summed E-state index contributed by atoms with van der Waals surface area (Å²) in [6.45, 7) is 6.03. The molecule has 4 fully saturated rings. The Bertz CT molecular complexity index is 1370. The molecule has 212 valence electrons. The summed E-state index contributed by atoms with van der Waals surface area (Å²) in [6.07, 6.45) is 32.1. The van der Waals surface area contributed by atoms with Gasteiger partial charge in [0.25, 0.3) is 0 Å². The van der Waals surface area contributed by atoms with Crippen molar-refractivity contribution in [3.8, 4) is 0 Å². The number of hydrogen-bond acceptors (Lipinski definition) is 3. The van der Waals surface area contributed by atoms with E-state index >= 15 is 0 Å². The van der Waals surface area contributed by atoms with Gasteiger partial charge >= 0.3 is 0 Å². The van der Waals surface area contributed by atoms with Crippen LogP contribution in [0.15, 0.2) is 90.1 Å². The van der Waals surface area contributed by atoms with Crippen molar-refractivity contribution in [2.45, 2.75) is 118 Å². The maximum Gasteiger partial charge on any atom is 0.200 e. The summed E-state index contributed by atoms with van der Waals surface area (Å²) >= 11 is 2.35. The van der Waals surface area contributed by atoms with Crippen LogP contribution in [-0.2, 0) is 0 Å². The number of allylic oxidation sites excluding steroid dienone is 4. The minimum atomic E-state index is 0.247. The van der Waals surface area contributed by atoms with E-state index in [-0.39, 0.29) is 5.54 Å². The first kappa shape index (κ1) is 25.6. The zero-order chi connectivity index (χ0) is 27.3. The van der Waals surface area contributed by atoms with E-state index in [9.17, 15) is 0 Å². The normalized spacial score (nSPS) is 41.1. The third-order valence-electron chi connectivity index (χ3n) is 13.2. The van der Waals surface area contributed by atoms with Crippen molar-refractivity contribution >= 4 is 18.5 Å².